The minimum atomic E-state index is -0.449. The Hall–Kier alpha value is -5.47. The summed E-state index contributed by atoms with van der Waals surface area (Å²) < 4.78 is 74.1. The molecule has 0 amide bonds. The first-order valence-electron chi connectivity index (χ1n) is 17.3. The van der Waals surface area contributed by atoms with E-state index in [0.717, 1.165) is 16.7 Å². The fourth-order valence-corrected chi connectivity index (χ4v) is 5.61. The second-order valence-electron chi connectivity index (χ2n) is 9.79. The molecule has 1 aromatic heterocycles. The van der Waals surface area contributed by atoms with Gasteiger partial charge in [-0.1, -0.05) is 145 Å². The number of aromatic nitrogens is 2. The van der Waals surface area contributed by atoms with Gasteiger partial charge in [-0.05, 0) is 45.2 Å². The number of benzene rings is 7. The maximum atomic E-state index is 9.34. The highest BCUT2D eigenvalue weighted by atomic mass is 15.1. The van der Waals surface area contributed by atoms with Crippen LogP contribution >= 0.6 is 0 Å². The van der Waals surface area contributed by atoms with Crippen molar-refractivity contribution in [3.8, 4) is 39.3 Å². The molecule has 8 aromatic rings. The van der Waals surface area contributed by atoms with Crippen LogP contribution in [0.1, 0.15) is 11.0 Å². The Kier molecular flexibility index (Phi) is 3.89. The lowest BCUT2D eigenvalue weighted by molar-refractivity contribution is 1.13. The van der Waals surface area contributed by atoms with Crippen molar-refractivity contribution in [3.63, 3.8) is 0 Å². The number of hydrogen-bond donors (Lipinski definition) is 0. The van der Waals surface area contributed by atoms with Gasteiger partial charge in [-0.3, -0.25) is 4.57 Å². The highest BCUT2D eigenvalue weighted by Crippen LogP contribution is 2.43. The van der Waals surface area contributed by atoms with Gasteiger partial charge in [-0.2, -0.15) is 0 Å². The number of fused-ring (bicyclic) bond motifs is 3. The monoisotopic (exact) mass is 530 g/mol. The van der Waals surface area contributed by atoms with Gasteiger partial charge in [-0.15, -0.1) is 0 Å². The predicted molar refractivity (Wildman–Crippen MR) is 172 cm³/mol. The van der Waals surface area contributed by atoms with Crippen LogP contribution in [0.5, 0.6) is 0 Å². The van der Waals surface area contributed by atoms with Crippen LogP contribution in [0.25, 0.3) is 71.9 Å². The third-order valence-corrected chi connectivity index (χ3v) is 7.45. The Morgan fingerprint density at radius 1 is 0.463 bits per heavy atom. The number of para-hydroxylation sites is 2. The van der Waals surface area contributed by atoms with E-state index in [1.54, 1.807) is 4.57 Å². The van der Waals surface area contributed by atoms with Crippen molar-refractivity contribution in [2.24, 2.45) is 0 Å². The van der Waals surface area contributed by atoms with Gasteiger partial charge in [0.05, 0.1) is 27.7 Å². The predicted octanol–water partition coefficient (Wildman–Crippen LogP) is 10.3. The van der Waals surface area contributed by atoms with E-state index in [9.17, 15) is 5.48 Å². The normalized spacial score (nSPS) is 14.1. The van der Waals surface area contributed by atoms with E-state index in [1.165, 1.54) is 0 Å². The zero-order valence-corrected chi connectivity index (χ0v) is 21.8. The topological polar surface area (TPSA) is 17.8 Å². The number of rotatable bonds is 4. The Labute approximate surface area is 250 Å². The smallest absolute Gasteiger partial charge is 0.145 e. The average Bonchev–Trinajstić information content (AvgIpc) is 3.53. The zero-order chi connectivity index (χ0) is 34.1. The highest BCUT2D eigenvalue weighted by Gasteiger charge is 2.21. The van der Waals surface area contributed by atoms with E-state index < -0.39 is 24.2 Å². The third kappa shape index (κ3) is 3.84. The molecule has 0 spiro atoms. The molecule has 0 bridgehead atoms. The molecule has 0 saturated heterocycles. The van der Waals surface area contributed by atoms with Crippen molar-refractivity contribution >= 4 is 32.6 Å². The molecule has 8 rings (SSSR count). The van der Waals surface area contributed by atoms with E-state index in [1.807, 2.05) is 109 Å². The molecule has 7 aromatic carbocycles. The van der Waals surface area contributed by atoms with Crippen molar-refractivity contribution in [1.29, 1.82) is 0 Å². The van der Waals surface area contributed by atoms with Crippen LogP contribution < -0.4 is 0 Å². The first kappa shape index (κ1) is 16.6. The SMILES string of the molecule is [2H]c1c([2H])c([2H])c2c(-n3c(-c4ccccc4)nc4ccccc43)c3c([2H])c([2H])c([2H])c([2H])c3c(-c3ccc(-c4ccccc4)cc3)c2c1[2H]. The van der Waals surface area contributed by atoms with Crippen molar-refractivity contribution < 1.29 is 11.0 Å². The molecular weight excluding hydrogens is 496 g/mol. The number of imidazole rings is 1. The molecule has 0 aliphatic carbocycles. The summed E-state index contributed by atoms with van der Waals surface area (Å²) in [6.45, 7) is 0. The van der Waals surface area contributed by atoms with Crippen molar-refractivity contribution in [2.45, 2.75) is 0 Å². The summed E-state index contributed by atoms with van der Waals surface area (Å²) in [7, 11) is 0. The standard InChI is InChI=1S/C39H26N2/c1-3-13-27(14-4-1)28-23-25-29(26-24-28)37-31-17-7-9-19-33(31)38(34-20-10-8-18-32(34)37)41-36-22-12-11-21-35(36)40-39(41)30-15-5-2-6-16-30/h1-26H/i7D,8D,9D,10D,17D,18D,19D,20D. The molecule has 0 aliphatic rings. The highest BCUT2D eigenvalue weighted by molar-refractivity contribution is 6.19. The van der Waals surface area contributed by atoms with E-state index in [4.69, 9.17) is 10.5 Å². The van der Waals surface area contributed by atoms with Gasteiger partial charge < -0.3 is 0 Å². The van der Waals surface area contributed by atoms with Gasteiger partial charge in [0, 0.05) is 16.3 Å². The molecule has 0 atom stereocenters. The fraction of sp³-hybridized carbons (Fsp3) is 0. The van der Waals surface area contributed by atoms with Gasteiger partial charge in [0.15, 0.2) is 0 Å². The summed E-state index contributed by atoms with van der Waals surface area (Å²) in [5, 5.41) is 0.572. The van der Waals surface area contributed by atoms with Crippen LogP contribution in [-0.2, 0) is 0 Å². The first-order valence-corrected chi connectivity index (χ1v) is 13.3. The largest absolute Gasteiger partial charge is 0.291 e. The van der Waals surface area contributed by atoms with Gasteiger partial charge in [0.25, 0.3) is 0 Å². The minimum absolute atomic E-state index is 0.131. The Morgan fingerprint density at radius 2 is 0.951 bits per heavy atom. The lowest BCUT2D eigenvalue weighted by Crippen LogP contribution is -2.01. The molecule has 0 aliphatic heterocycles. The van der Waals surface area contributed by atoms with E-state index in [2.05, 4.69) is 0 Å². The summed E-state index contributed by atoms with van der Waals surface area (Å²) in [6, 6.07) is 31.0. The molecule has 2 heteroatoms. The second kappa shape index (κ2) is 9.62. The lowest BCUT2D eigenvalue weighted by atomic mass is 9.89. The Bertz CT molecular complexity index is 2540. The molecule has 0 radical (unpaired) electrons. The third-order valence-electron chi connectivity index (χ3n) is 7.45. The van der Waals surface area contributed by atoms with Gasteiger partial charge >= 0.3 is 0 Å². The van der Waals surface area contributed by atoms with Crippen LogP contribution in [0.3, 0.4) is 0 Å². The van der Waals surface area contributed by atoms with Crippen molar-refractivity contribution in [1.82, 2.24) is 9.55 Å². The van der Waals surface area contributed by atoms with Crippen LogP contribution in [0.15, 0.2) is 158 Å². The lowest BCUT2D eigenvalue weighted by Gasteiger charge is -2.20. The fourth-order valence-electron chi connectivity index (χ4n) is 5.61. The molecule has 0 unspecified atom stereocenters. The van der Waals surface area contributed by atoms with Crippen LogP contribution in [0.4, 0.5) is 0 Å². The van der Waals surface area contributed by atoms with Crippen molar-refractivity contribution in [3.05, 3.63) is 158 Å². The quantitative estimate of drug-likeness (QED) is 0.207. The molecule has 0 saturated carbocycles. The molecule has 0 N–H and O–H groups in total. The summed E-state index contributed by atoms with van der Waals surface area (Å²) >= 11 is 0. The zero-order valence-electron chi connectivity index (χ0n) is 29.8. The summed E-state index contributed by atoms with van der Waals surface area (Å²) in [5.74, 6) is 0.462. The first-order chi connectivity index (χ1) is 23.7. The maximum Gasteiger partial charge on any atom is 0.145 e. The summed E-state index contributed by atoms with van der Waals surface area (Å²) in [4.78, 5) is 4.96. The van der Waals surface area contributed by atoms with E-state index in [-0.39, 0.29) is 51.4 Å². The van der Waals surface area contributed by atoms with Gasteiger partial charge in [-0.25, -0.2) is 4.98 Å². The molecule has 41 heavy (non-hydrogen) atoms. The molecule has 1 heterocycles. The second-order valence-corrected chi connectivity index (χ2v) is 9.79. The molecular formula is C39H26N2. The van der Waals surface area contributed by atoms with Gasteiger partial charge in [0.1, 0.15) is 5.82 Å². The Balaban J connectivity index is 1.64. The molecule has 192 valence electrons. The van der Waals surface area contributed by atoms with Crippen molar-refractivity contribution in [2.75, 3.05) is 0 Å². The number of nitrogens with zero attached hydrogens (tertiary/aromatic N) is 2. The molecule has 2 nitrogen and oxygen atoms in total. The summed E-state index contributed by atoms with van der Waals surface area (Å²) in [6.07, 6.45) is 0. The molecule has 0 fully saturated rings. The summed E-state index contributed by atoms with van der Waals surface area (Å²) in [5.41, 5.74) is 4.93. The number of hydrogen-bond acceptors (Lipinski definition) is 1. The van der Waals surface area contributed by atoms with Crippen LogP contribution in [-0.4, -0.2) is 9.55 Å². The van der Waals surface area contributed by atoms with Crippen LogP contribution in [0.2, 0.25) is 0 Å². The van der Waals surface area contributed by atoms with E-state index >= 15 is 0 Å². The average molecular weight is 531 g/mol. The Morgan fingerprint density at radius 3 is 1.59 bits per heavy atom. The van der Waals surface area contributed by atoms with E-state index in [0.29, 0.717) is 28.0 Å². The van der Waals surface area contributed by atoms with Gasteiger partial charge in [0.2, 0.25) is 0 Å². The minimum Gasteiger partial charge on any atom is -0.291 e. The maximum absolute atomic E-state index is 9.34. The van der Waals surface area contributed by atoms with Crippen LogP contribution in [0, 0.1) is 0 Å².